The van der Waals surface area contributed by atoms with Crippen LogP contribution in [0, 0.1) is 0 Å². The van der Waals surface area contributed by atoms with Gasteiger partial charge in [0.05, 0.1) is 18.5 Å². The number of nitrogens with one attached hydrogen (secondary N) is 1. The summed E-state index contributed by atoms with van der Waals surface area (Å²) in [7, 11) is -3.44. The first-order valence-corrected chi connectivity index (χ1v) is 9.82. The molecule has 0 spiro atoms. The first-order valence-electron chi connectivity index (χ1n) is 8.21. The zero-order valence-corrected chi connectivity index (χ0v) is 14.9. The van der Waals surface area contributed by atoms with Crippen molar-refractivity contribution >= 4 is 21.9 Å². The van der Waals surface area contributed by atoms with Gasteiger partial charge in [0.1, 0.15) is 18.3 Å². The van der Waals surface area contributed by atoms with Gasteiger partial charge in [-0.15, -0.1) is 5.10 Å². The molecule has 1 aromatic rings. The summed E-state index contributed by atoms with van der Waals surface area (Å²) >= 11 is 0. The Bertz CT molecular complexity index is 717. The van der Waals surface area contributed by atoms with Gasteiger partial charge >= 0.3 is 5.97 Å². The lowest BCUT2D eigenvalue weighted by molar-refractivity contribution is -0.138. The predicted octanol–water partition coefficient (Wildman–Crippen LogP) is -0.427. The van der Waals surface area contributed by atoms with Crippen molar-refractivity contribution in [1.82, 2.24) is 24.6 Å². The second-order valence-electron chi connectivity index (χ2n) is 5.96. The molecule has 2 heterocycles. The van der Waals surface area contributed by atoms with Gasteiger partial charge in [-0.1, -0.05) is 18.6 Å². The Morgan fingerprint density at radius 3 is 2.84 bits per heavy atom. The average Bonchev–Trinajstić information content (AvgIpc) is 2.99. The van der Waals surface area contributed by atoms with Crippen molar-refractivity contribution in [2.75, 3.05) is 12.3 Å². The van der Waals surface area contributed by atoms with E-state index in [1.165, 1.54) is 10.5 Å². The Morgan fingerprint density at radius 1 is 1.40 bits per heavy atom. The second kappa shape index (κ2) is 8.39. The highest BCUT2D eigenvalue weighted by Crippen LogP contribution is 2.21. The van der Waals surface area contributed by atoms with E-state index in [9.17, 15) is 18.0 Å². The normalized spacial score (nSPS) is 18.8. The van der Waals surface area contributed by atoms with E-state index in [4.69, 9.17) is 5.11 Å². The Hall–Kier alpha value is -2.01. The highest BCUT2D eigenvalue weighted by atomic mass is 32.2. The number of piperidine rings is 1. The Balaban J connectivity index is 1.98. The molecule has 1 aromatic heterocycles. The van der Waals surface area contributed by atoms with Gasteiger partial charge < -0.3 is 10.4 Å². The molecule has 0 radical (unpaired) electrons. The molecule has 1 saturated heterocycles. The zero-order valence-electron chi connectivity index (χ0n) is 14.1. The van der Waals surface area contributed by atoms with Crippen molar-refractivity contribution in [2.45, 2.75) is 51.7 Å². The number of nitrogens with zero attached hydrogens (tertiary/aromatic N) is 4. The number of carbonyl (C=O) groups is 2. The maximum absolute atomic E-state index is 12.5. The first-order chi connectivity index (χ1) is 11.8. The van der Waals surface area contributed by atoms with Crippen molar-refractivity contribution < 1.29 is 23.1 Å². The molecular formula is C14H23N5O5S. The number of aromatic nitrogens is 3. The van der Waals surface area contributed by atoms with Gasteiger partial charge in [-0.3, -0.25) is 9.59 Å². The number of rotatable bonds is 8. The molecule has 0 saturated carbocycles. The topological polar surface area (TPSA) is 134 Å². The molecule has 1 atom stereocenters. The van der Waals surface area contributed by atoms with Crippen molar-refractivity contribution in [3.8, 4) is 0 Å². The Labute approximate surface area is 146 Å². The minimum atomic E-state index is -3.44. The van der Waals surface area contributed by atoms with Crippen LogP contribution in [0.25, 0.3) is 0 Å². The summed E-state index contributed by atoms with van der Waals surface area (Å²) in [6.45, 7) is 1.90. The lowest BCUT2D eigenvalue weighted by atomic mass is 10.0. The van der Waals surface area contributed by atoms with E-state index in [2.05, 4.69) is 15.6 Å². The van der Waals surface area contributed by atoms with Crippen LogP contribution in [-0.4, -0.2) is 63.0 Å². The highest BCUT2D eigenvalue weighted by molar-refractivity contribution is 7.89. The SMILES string of the molecule is CCCS(=O)(=O)N1CCCCC1C(=O)NCc1cn(CC(=O)O)nn1. The van der Waals surface area contributed by atoms with E-state index in [0.717, 1.165) is 17.5 Å². The predicted molar refractivity (Wildman–Crippen MR) is 87.9 cm³/mol. The third-order valence-electron chi connectivity index (χ3n) is 3.90. The number of carbonyl (C=O) groups excluding carboxylic acids is 1. The molecule has 1 aliphatic rings. The molecule has 1 unspecified atom stereocenters. The van der Waals surface area contributed by atoms with Crippen LogP contribution in [0.1, 0.15) is 38.3 Å². The van der Waals surface area contributed by atoms with E-state index in [0.29, 0.717) is 25.1 Å². The summed E-state index contributed by atoms with van der Waals surface area (Å²) in [5.74, 6) is -1.38. The average molecular weight is 373 g/mol. The zero-order chi connectivity index (χ0) is 18.4. The lowest BCUT2D eigenvalue weighted by Crippen LogP contribution is -2.52. The van der Waals surface area contributed by atoms with E-state index < -0.39 is 22.0 Å². The van der Waals surface area contributed by atoms with Gasteiger partial charge in [0.25, 0.3) is 0 Å². The van der Waals surface area contributed by atoms with Crippen molar-refractivity contribution in [2.24, 2.45) is 0 Å². The molecular weight excluding hydrogens is 350 g/mol. The van der Waals surface area contributed by atoms with Gasteiger partial charge in [0, 0.05) is 6.54 Å². The minimum absolute atomic E-state index is 0.0281. The maximum Gasteiger partial charge on any atom is 0.325 e. The van der Waals surface area contributed by atoms with Crippen molar-refractivity contribution in [1.29, 1.82) is 0 Å². The third kappa shape index (κ3) is 5.23. The Morgan fingerprint density at radius 2 is 2.16 bits per heavy atom. The fourth-order valence-corrected chi connectivity index (χ4v) is 4.55. The Kier molecular flexibility index (Phi) is 6.48. The lowest BCUT2D eigenvalue weighted by Gasteiger charge is -2.33. The van der Waals surface area contributed by atoms with Crippen molar-refractivity contribution in [3.05, 3.63) is 11.9 Å². The molecule has 2 rings (SSSR count). The van der Waals surface area contributed by atoms with Crippen LogP contribution in [0.2, 0.25) is 0 Å². The molecule has 25 heavy (non-hydrogen) atoms. The molecule has 11 heteroatoms. The van der Waals surface area contributed by atoms with Gasteiger partial charge in [0.2, 0.25) is 15.9 Å². The number of sulfonamides is 1. The van der Waals surface area contributed by atoms with Crippen LogP contribution in [0.3, 0.4) is 0 Å². The summed E-state index contributed by atoms with van der Waals surface area (Å²) in [5, 5.41) is 18.8. The molecule has 0 aromatic carbocycles. The number of hydrogen-bond donors (Lipinski definition) is 2. The summed E-state index contributed by atoms with van der Waals surface area (Å²) in [6, 6.07) is -0.709. The monoisotopic (exact) mass is 373 g/mol. The number of aliphatic carboxylic acids is 1. The van der Waals surface area contributed by atoms with Crippen molar-refractivity contribution in [3.63, 3.8) is 0 Å². The van der Waals surface area contributed by atoms with Gasteiger partial charge in [-0.25, -0.2) is 13.1 Å². The third-order valence-corrected chi connectivity index (χ3v) is 5.98. The van der Waals surface area contributed by atoms with Crippen LogP contribution < -0.4 is 5.32 Å². The quantitative estimate of drug-likeness (QED) is 0.631. The van der Waals surface area contributed by atoms with Gasteiger partial charge in [-0.2, -0.15) is 4.31 Å². The molecule has 140 valence electrons. The smallest absolute Gasteiger partial charge is 0.325 e. The number of hydrogen-bond acceptors (Lipinski definition) is 6. The summed E-state index contributed by atoms with van der Waals surface area (Å²) in [5.41, 5.74) is 0.411. The molecule has 1 aliphatic heterocycles. The van der Waals surface area contributed by atoms with Crippen LogP contribution in [-0.2, 0) is 32.7 Å². The molecule has 0 bridgehead atoms. The molecule has 0 aliphatic carbocycles. The van der Waals surface area contributed by atoms with Crippen LogP contribution in [0.5, 0.6) is 0 Å². The number of carboxylic acids is 1. The second-order valence-corrected chi connectivity index (χ2v) is 8.00. The number of carboxylic acid groups (broad SMARTS) is 1. The molecule has 1 fully saturated rings. The molecule has 2 N–H and O–H groups in total. The van der Waals surface area contributed by atoms with Crippen LogP contribution in [0.15, 0.2) is 6.20 Å². The standard InChI is InChI=1S/C14H23N5O5S/c1-2-7-25(23,24)19-6-4-3-5-12(19)14(22)15-8-11-9-18(17-16-11)10-13(20)21/h9,12H,2-8,10H2,1H3,(H,15,22)(H,20,21). The first kappa shape index (κ1) is 19.3. The van der Waals surface area contributed by atoms with Gasteiger partial charge in [0.15, 0.2) is 0 Å². The highest BCUT2D eigenvalue weighted by Gasteiger charge is 2.36. The summed E-state index contributed by atoms with van der Waals surface area (Å²) < 4.78 is 27.1. The fourth-order valence-electron chi connectivity index (χ4n) is 2.81. The van der Waals surface area contributed by atoms with Gasteiger partial charge in [-0.05, 0) is 19.3 Å². The minimum Gasteiger partial charge on any atom is -0.480 e. The van der Waals surface area contributed by atoms with E-state index in [1.54, 1.807) is 6.92 Å². The number of amides is 1. The summed E-state index contributed by atoms with van der Waals surface area (Å²) in [6.07, 6.45) is 3.96. The largest absolute Gasteiger partial charge is 0.480 e. The molecule has 10 nitrogen and oxygen atoms in total. The molecule has 1 amide bonds. The van der Waals surface area contributed by atoms with Crippen LogP contribution in [0.4, 0.5) is 0 Å². The van der Waals surface area contributed by atoms with Crippen LogP contribution >= 0.6 is 0 Å². The summed E-state index contributed by atoms with van der Waals surface area (Å²) in [4.78, 5) is 23.1. The van der Waals surface area contributed by atoms with E-state index in [-0.39, 0.29) is 24.7 Å². The van der Waals surface area contributed by atoms with E-state index >= 15 is 0 Å². The van der Waals surface area contributed by atoms with E-state index in [1.807, 2.05) is 0 Å². The fraction of sp³-hybridized carbons (Fsp3) is 0.714. The maximum atomic E-state index is 12.5.